The molecule has 4 rings (SSSR count). The van der Waals surface area contributed by atoms with E-state index in [1.807, 2.05) is 6.92 Å². The minimum absolute atomic E-state index is 0.145. The number of ether oxygens (including phenoxy) is 6. The Hall–Kier alpha value is -3.64. The van der Waals surface area contributed by atoms with Crippen molar-refractivity contribution in [3.63, 3.8) is 0 Å². The number of aliphatic hydroxyl groups excluding tert-OH is 13. The summed E-state index contributed by atoms with van der Waals surface area (Å²) in [5.74, 6) is -6.28. The van der Waals surface area contributed by atoms with E-state index >= 15 is 0 Å². The summed E-state index contributed by atoms with van der Waals surface area (Å²) in [5.41, 5.74) is 0. The molecule has 15 N–H and O–H groups in total. The van der Waals surface area contributed by atoms with Crippen molar-refractivity contribution in [2.45, 2.75) is 201 Å². The van der Waals surface area contributed by atoms with Crippen molar-refractivity contribution in [1.29, 1.82) is 0 Å². The molecular formula is C54H85NO22. The number of carbonyl (C=O) groups is 2. The van der Waals surface area contributed by atoms with E-state index in [0.29, 0.717) is 0 Å². The number of hydrogen-bond acceptors (Lipinski definition) is 23. The molecule has 0 spiro atoms. The van der Waals surface area contributed by atoms with Crippen LogP contribution in [0, 0.1) is 17.8 Å². The van der Waals surface area contributed by atoms with Crippen LogP contribution in [0.1, 0.15) is 72.6 Å². The van der Waals surface area contributed by atoms with Gasteiger partial charge in [0.15, 0.2) is 6.29 Å². The van der Waals surface area contributed by atoms with E-state index in [4.69, 9.17) is 28.4 Å². The van der Waals surface area contributed by atoms with E-state index in [0.717, 1.165) is 7.11 Å². The maximum atomic E-state index is 13.3. The van der Waals surface area contributed by atoms with E-state index < -0.39 is 184 Å². The molecule has 4 aliphatic heterocycles. The third-order valence-corrected chi connectivity index (χ3v) is 14.5. The summed E-state index contributed by atoms with van der Waals surface area (Å²) < 4.78 is 34.2. The Morgan fingerprint density at radius 3 is 1.82 bits per heavy atom. The second-order valence-electron chi connectivity index (χ2n) is 20.6. The Kier molecular flexibility index (Phi) is 27.3. The molecule has 0 aromatic carbocycles. The van der Waals surface area contributed by atoms with Gasteiger partial charge in [0.2, 0.25) is 5.79 Å². The van der Waals surface area contributed by atoms with Crippen LogP contribution < -0.4 is 5.32 Å². The maximum Gasteiger partial charge on any atom is 0.313 e. The van der Waals surface area contributed by atoms with Crippen molar-refractivity contribution in [2.75, 3.05) is 20.3 Å². The molecule has 1 unspecified atom stereocenters. The molecule has 23 nitrogen and oxygen atoms in total. The number of carbonyl (C=O) groups excluding carboxylic acids is 2. The molecule has 0 aromatic rings. The van der Waals surface area contributed by atoms with Gasteiger partial charge in [0.25, 0.3) is 0 Å². The van der Waals surface area contributed by atoms with E-state index in [2.05, 4.69) is 5.32 Å². The Morgan fingerprint density at radius 1 is 0.610 bits per heavy atom. The standard InChI is InChI=1S/C54H85NO22/c1-29-18-16-14-12-10-8-6-7-9-11-13-15-17-19-35(76-53-50(68)45(47(65)32(4)75-53)55-28-54(71)51(69)49(67)40(62)27-73-54)24-41-44(52(70)72-5)38(60)26-42(77-41)48(66)39(61)25-37(59)36(58)21-20-33(56)22-34(57)23-43(63)74-31(3)30(2)46(29)64/h6-19,29-42,44-51,53,55-62,64-69,71H,20-28H2,1-5H3/b7-6+,10-8+,11-9+,14-12+,15-13+,18-16+,19-17+/t29-,30-,31-,32+,33+,34+,35-,36+,37+,38-,39-,40+,41-,42?,44+,45-,46+,47+,48+,49-,50-,51-,53-,54+/m0/s1. The molecule has 3 saturated heterocycles. The first-order valence-corrected chi connectivity index (χ1v) is 26.2. The number of hydrogen-bond donors (Lipinski definition) is 15. The highest BCUT2D eigenvalue weighted by Crippen LogP contribution is 2.35. The van der Waals surface area contributed by atoms with E-state index in [1.54, 1.807) is 92.8 Å². The summed E-state index contributed by atoms with van der Waals surface area (Å²) in [6.45, 7) is 5.45. The first-order valence-electron chi connectivity index (χ1n) is 26.2. The van der Waals surface area contributed by atoms with Gasteiger partial charge in [-0.2, -0.15) is 0 Å². The second-order valence-corrected chi connectivity index (χ2v) is 20.6. The topological polar surface area (TPSA) is 385 Å². The highest BCUT2D eigenvalue weighted by Gasteiger charge is 2.52. The Morgan fingerprint density at radius 2 is 1.21 bits per heavy atom. The van der Waals surface area contributed by atoms with Crippen molar-refractivity contribution >= 4 is 11.9 Å². The van der Waals surface area contributed by atoms with Crippen molar-refractivity contribution in [3.8, 4) is 0 Å². The van der Waals surface area contributed by atoms with Crippen LogP contribution in [0.25, 0.3) is 0 Å². The van der Waals surface area contributed by atoms with Crippen LogP contribution in [-0.2, 0) is 38.0 Å². The Labute approximate surface area is 449 Å². The molecule has 4 aliphatic rings. The summed E-state index contributed by atoms with van der Waals surface area (Å²) in [6.07, 6.45) is -5.74. The predicted molar refractivity (Wildman–Crippen MR) is 274 cm³/mol. The first kappa shape index (κ1) is 65.9. The lowest BCUT2D eigenvalue weighted by atomic mass is 9.83. The quantitative estimate of drug-likeness (QED) is 0.127. The number of cyclic esters (lactones) is 1. The zero-order chi connectivity index (χ0) is 57.1. The monoisotopic (exact) mass is 1100 g/mol. The second kappa shape index (κ2) is 32.0. The van der Waals surface area contributed by atoms with Gasteiger partial charge in [-0.15, -0.1) is 0 Å². The van der Waals surface area contributed by atoms with Crippen LogP contribution in [0.15, 0.2) is 85.1 Å². The Balaban J connectivity index is 1.61. The average Bonchev–Trinajstić information content (AvgIpc) is 3.38. The lowest BCUT2D eigenvalue weighted by molar-refractivity contribution is -0.322. The fourth-order valence-electron chi connectivity index (χ4n) is 9.50. The van der Waals surface area contributed by atoms with Gasteiger partial charge in [0.1, 0.15) is 42.5 Å². The van der Waals surface area contributed by atoms with Crippen molar-refractivity contribution in [2.24, 2.45) is 17.8 Å². The SMILES string of the molecule is COC(=O)[C@H]1[C@@H]2C[C@@H](O[C@@H]3O[C@H](C)[C@@H](O)[C@H](NC[C@@]4(O)OC[C@@H](O)[C@H](O)[C@@H]4O)[C@@H]3O)/C=C/C=C/C=C/C=C/C=C/C=C/C=C/[C@H](C)[C@@H](O)[C@@H](C)[C@H](C)OC(=O)C[C@H](O)C[C@H](O)CC[C@@H](O)[C@H](O)C[C@H](O)[C@@H](O)C(C[C@@H]1O)O2. The smallest absolute Gasteiger partial charge is 0.313 e. The van der Waals surface area contributed by atoms with Gasteiger partial charge in [-0.05, 0) is 33.1 Å². The molecular weight excluding hydrogens is 1010 g/mol. The molecule has 0 aliphatic carbocycles. The third kappa shape index (κ3) is 19.8. The summed E-state index contributed by atoms with van der Waals surface area (Å²) in [6, 6.07) is -1.33. The average molecular weight is 1100 g/mol. The third-order valence-electron chi connectivity index (χ3n) is 14.5. The number of allylic oxidation sites excluding steroid dienone is 12. The van der Waals surface area contributed by atoms with Crippen LogP contribution in [0.3, 0.4) is 0 Å². The van der Waals surface area contributed by atoms with Gasteiger partial charge in [0, 0.05) is 31.1 Å². The summed E-state index contributed by atoms with van der Waals surface area (Å²) in [7, 11) is 1.09. The highest BCUT2D eigenvalue weighted by molar-refractivity contribution is 5.74. The van der Waals surface area contributed by atoms with E-state index in [1.165, 1.54) is 13.0 Å². The zero-order valence-corrected chi connectivity index (χ0v) is 44.3. The minimum Gasteiger partial charge on any atom is -0.469 e. The zero-order valence-electron chi connectivity index (χ0n) is 44.3. The number of aliphatic hydroxyl groups is 14. The van der Waals surface area contributed by atoms with Crippen LogP contribution in [-0.4, -0.2) is 232 Å². The molecule has 77 heavy (non-hydrogen) atoms. The van der Waals surface area contributed by atoms with Crippen molar-refractivity contribution < 1.29 is 110 Å². The van der Waals surface area contributed by atoms with Crippen molar-refractivity contribution in [1.82, 2.24) is 5.32 Å². The molecule has 24 atom stereocenters. The number of nitrogens with one attached hydrogen (secondary N) is 1. The van der Waals surface area contributed by atoms with Gasteiger partial charge in [0.05, 0.1) is 106 Å². The first-order chi connectivity index (χ1) is 36.4. The molecule has 0 amide bonds. The number of rotatable bonds is 6. The van der Waals surface area contributed by atoms with Crippen LogP contribution >= 0.6 is 0 Å². The molecule has 0 radical (unpaired) electrons. The van der Waals surface area contributed by atoms with Gasteiger partial charge < -0.3 is 105 Å². The number of esters is 2. The minimum atomic E-state index is -2.46. The predicted octanol–water partition coefficient (Wildman–Crippen LogP) is -2.12. The molecule has 0 aromatic heterocycles. The normalized spacial score (nSPS) is 46.3. The van der Waals surface area contributed by atoms with Gasteiger partial charge in [-0.1, -0.05) is 98.9 Å². The fraction of sp³-hybridized carbons (Fsp3) is 0.704. The lowest BCUT2D eigenvalue weighted by Crippen LogP contribution is -2.69. The van der Waals surface area contributed by atoms with E-state index in [-0.39, 0.29) is 31.6 Å². The molecule has 4 heterocycles. The summed E-state index contributed by atoms with van der Waals surface area (Å²) >= 11 is 0. The number of methoxy groups -OCH3 is 1. The molecule has 2 bridgehead atoms. The van der Waals surface area contributed by atoms with Crippen molar-refractivity contribution in [3.05, 3.63) is 85.1 Å². The fourth-order valence-corrected chi connectivity index (χ4v) is 9.50. The summed E-state index contributed by atoms with van der Waals surface area (Å²) in [4.78, 5) is 26.0. The molecule has 0 saturated carbocycles. The van der Waals surface area contributed by atoms with Crippen LogP contribution in [0.2, 0.25) is 0 Å². The van der Waals surface area contributed by atoms with Crippen LogP contribution in [0.5, 0.6) is 0 Å². The molecule has 3 fully saturated rings. The maximum absolute atomic E-state index is 13.3. The van der Waals surface area contributed by atoms with Gasteiger partial charge in [-0.25, -0.2) is 0 Å². The van der Waals surface area contributed by atoms with Crippen LogP contribution in [0.4, 0.5) is 0 Å². The molecule has 23 heteroatoms. The Bertz CT molecular complexity index is 2000. The molecule has 438 valence electrons. The number of fused-ring (bicyclic) bond motifs is 2. The lowest BCUT2D eigenvalue weighted by Gasteiger charge is -2.46. The van der Waals surface area contributed by atoms with Gasteiger partial charge in [-0.3, -0.25) is 9.59 Å². The van der Waals surface area contributed by atoms with E-state index in [9.17, 15) is 81.1 Å². The van der Waals surface area contributed by atoms with Gasteiger partial charge >= 0.3 is 11.9 Å². The largest absolute Gasteiger partial charge is 0.469 e. The highest BCUT2D eigenvalue weighted by atomic mass is 16.7. The summed E-state index contributed by atoms with van der Waals surface area (Å²) in [5, 5.41) is 155.